The van der Waals surface area contributed by atoms with Crippen LogP contribution in [-0.4, -0.2) is 28.2 Å². The third kappa shape index (κ3) is 20.0. The molecule has 0 radical (unpaired) electrons. The molecule has 0 aliphatic rings. The van der Waals surface area contributed by atoms with Crippen molar-refractivity contribution in [2.75, 3.05) is 67.4 Å². The first-order valence-corrected chi connectivity index (χ1v) is 43.4. The van der Waals surface area contributed by atoms with Crippen LogP contribution in [0.5, 0.6) is 0 Å². The van der Waals surface area contributed by atoms with Crippen LogP contribution >= 0.6 is 0 Å². The Morgan fingerprint density at radius 1 is 0.125 bits per heavy atom. The predicted molar refractivity (Wildman–Crippen MR) is 548 cm³/mol. The molecule has 620 valence electrons. The first-order valence-electron chi connectivity index (χ1n) is 43.4. The van der Waals surface area contributed by atoms with Gasteiger partial charge >= 0.3 is 0 Å². The number of para-hydroxylation sites is 9. The topological polar surface area (TPSA) is 25.9 Å². The molecular formula is C120H100N8. The van der Waals surface area contributed by atoms with E-state index < -0.39 is 0 Å². The fourth-order valence-electron chi connectivity index (χ4n) is 16.4. The summed E-state index contributed by atoms with van der Waals surface area (Å²) >= 11 is 0. The molecular weight excluding hydrogens is 1550 g/mol. The van der Waals surface area contributed by atoms with Crippen LogP contribution in [0.25, 0.3) is 43.8 Å². The molecule has 0 aromatic heterocycles. The van der Waals surface area contributed by atoms with Gasteiger partial charge in [-0.3, -0.25) is 0 Å². The van der Waals surface area contributed by atoms with Crippen molar-refractivity contribution in [1.82, 2.24) is 0 Å². The Hall–Kier alpha value is -16.7. The molecule has 20 aromatic carbocycles. The molecule has 0 fully saturated rings. The highest BCUT2D eigenvalue weighted by molar-refractivity contribution is 5.97. The van der Waals surface area contributed by atoms with E-state index in [1.807, 2.05) is 0 Å². The maximum absolute atomic E-state index is 2.29. The van der Waals surface area contributed by atoms with Gasteiger partial charge < -0.3 is 39.2 Å². The van der Waals surface area contributed by atoms with E-state index in [0.29, 0.717) is 0 Å². The molecule has 0 aliphatic carbocycles. The highest BCUT2D eigenvalue weighted by Crippen LogP contribution is 2.45. The quantitative estimate of drug-likeness (QED) is 0.0662. The second-order valence-corrected chi connectivity index (χ2v) is 31.2. The van der Waals surface area contributed by atoms with Gasteiger partial charge in [0, 0.05) is 153 Å². The van der Waals surface area contributed by atoms with Gasteiger partial charge in [-0.1, -0.05) is 328 Å². The summed E-state index contributed by atoms with van der Waals surface area (Å²) in [5.41, 5.74) is 27.7. The highest BCUT2D eigenvalue weighted by atomic mass is 15.2. The van der Waals surface area contributed by atoms with E-state index in [-0.39, 0.29) is 0 Å². The van der Waals surface area contributed by atoms with Crippen molar-refractivity contribution in [2.24, 2.45) is 0 Å². The van der Waals surface area contributed by atoms with Gasteiger partial charge in [0.2, 0.25) is 0 Å². The van der Waals surface area contributed by atoms with Gasteiger partial charge in [0.25, 0.3) is 0 Å². The summed E-state index contributed by atoms with van der Waals surface area (Å²) in [4.78, 5) is 18.2. The van der Waals surface area contributed by atoms with E-state index in [0.717, 1.165) is 96.7 Å². The minimum absolute atomic E-state index is 1.12. The number of hydrogen-bond acceptors (Lipinski definition) is 8. The predicted octanol–water partition coefficient (Wildman–Crippen LogP) is 33.3. The molecule has 0 N–H and O–H groups in total. The van der Waals surface area contributed by atoms with Crippen LogP contribution in [0.2, 0.25) is 0 Å². The third-order valence-electron chi connectivity index (χ3n) is 23.0. The van der Waals surface area contributed by atoms with Crippen LogP contribution in [0.1, 0.15) is 0 Å². The molecule has 20 aromatic rings. The lowest BCUT2D eigenvalue weighted by atomic mass is 10.0. The van der Waals surface area contributed by atoms with Crippen molar-refractivity contribution < 1.29 is 0 Å². The fourth-order valence-corrected chi connectivity index (χ4v) is 16.4. The molecule has 0 atom stereocenters. The summed E-state index contributed by atoms with van der Waals surface area (Å²) in [7, 11) is 8.52. The SMILES string of the molecule is CN(c1cccc(-c2ccccc2)c1)c1cccc(N(c2ccccc2)c2ccccc2)c1.CN(c1cccc(N(c2ccccc2)c2ccccc2)c1)c1ccc2ccccc2c1.CN(c1cccc(N(c2ccccc2)c2ccccc2)c1)c1cccc2ccccc12.CN(c1cccc(N(c2ccccc2)c2ccccc2)c1)c1ccccc1-c1ccccc1. The number of rotatable bonds is 22. The maximum atomic E-state index is 2.29. The Labute approximate surface area is 753 Å². The van der Waals surface area contributed by atoms with Gasteiger partial charge in [0.15, 0.2) is 0 Å². The molecule has 0 aliphatic heterocycles. The van der Waals surface area contributed by atoms with Crippen LogP contribution in [0.3, 0.4) is 0 Å². The highest BCUT2D eigenvalue weighted by Gasteiger charge is 2.21. The molecule has 0 spiro atoms. The summed E-state index contributed by atoms with van der Waals surface area (Å²) in [6.45, 7) is 0. The fraction of sp³-hybridized carbons (Fsp3) is 0.0333. The van der Waals surface area contributed by atoms with Gasteiger partial charge in [-0.05, 0) is 239 Å². The summed E-state index contributed by atoms with van der Waals surface area (Å²) in [6.07, 6.45) is 0. The summed E-state index contributed by atoms with van der Waals surface area (Å²) in [5, 5.41) is 5.00. The lowest BCUT2D eigenvalue weighted by Crippen LogP contribution is -2.13. The van der Waals surface area contributed by atoms with Crippen LogP contribution in [0, 0.1) is 0 Å². The zero-order valence-electron chi connectivity index (χ0n) is 72.4. The summed E-state index contributed by atoms with van der Waals surface area (Å²) in [5.74, 6) is 0. The van der Waals surface area contributed by atoms with Gasteiger partial charge in [-0.15, -0.1) is 0 Å². The van der Waals surface area contributed by atoms with E-state index in [4.69, 9.17) is 0 Å². The van der Waals surface area contributed by atoms with Crippen molar-refractivity contribution in [3.05, 3.63) is 534 Å². The molecule has 8 heteroatoms. The molecule has 128 heavy (non-hydrogen) atoms. The standard InChI is InChI=1S/2C31H26N2.2C29H24N2/c1-32(29-20-11-15-26(23-29)25-13-5-2-6-14-25)30-21-12-22-31(24-30)33(27-16-7-3-8-17-27)28-18-9-4-10-19-28;1-32(31-23-12-11-22-30(31)25-14-5-2-6-15-25)28-20-13-21-29(24-28)33(26-16-7-3-8-17-26)27-18-9-4-10-19-27;1-30(29-21-10-13-23-12-8-9-20-28(23)29)26-18-11-19-27(22-26)31(24-14-4-2-5-15-24)25-16-6-3-7-17-25;1-30(28-20-19-23-11-8-9-12-24(23)21-28)27-17-10-18-29(22-27)31(25-13-4-2-5-14-25)26-15-6-3-7-16-26/h2*2-24H,1H3;2*2-22H,1H3. The normalized spacial score (nSPS) is 10.7. The number of anilines is 20. The van der Waals surface area contributed by atoms with E-state index in [1.165, 1.54) is 60.9 Å². The average Bonchev–Trinajstić information content (AvgIpc) is 0.752. The molecule has 0 saturated heterocycles. The minimum Gasteiger partial charge on any atom is -0.345 e. The van der Waals surface area contributed by atoms with E-state index in [1.54, 1.807) is 0 Å². The zero-order valence-corrected chi connectivity index (χ0v) is 72.4. The Balaban J connectivity index is 0.000000120. The smallest absolute Gasteiger partial charge is 0.0487 e. The summed E-state index contributed by atoms with van der Waals surface area (Å²) in [6, 6.07) is 187. The second-order valence-electron chi connectivity index (χ2n) is 31.2. The second kappa shape index (κ2) is 41.0. The minimum atomic E-state index is 1.12. The lowest BCUT2D eigenvalue weighted by Gasteiger charge is -2.28. The Bertz CT molecular complexity index is 6730. The molecule has 0 saturated carbocycles. The van der Waals surface area contributed by atoms with Gasteiger partial charge in [0.1, 0.15) is 0 Å². The van der Waals surface area contributed by atoms with Crippen molar-refractivity contribution >= 4 is 135 Å². The van der Waals surface area contributed by atoms with E-state index >= 15 is 0 Å². The number of hydrogen-bond donors (Lipinski definition) is 0. The molecule has 8 nitrogen and oxygen atoms in total. The van der Waals surface area contributed by atoms with Crippen LogP contribution in [0.15, 0.2) is 534 Å². The van der Waals surface area contributed by atoms with E-state index in [2.05, 4.69) is 601 Å². The van der Waals surface area contributed by atoms with Crippen molar-refractivity contribution in [1.29, 1.82) is 0 Å². The number of fused-ring (bicyclic) bond motifs is 2. The molecule has 0 unspecified atom stereocenters. The van der Waals surface area contributed by atoms with E-state index in [9.17, 15) is 0 Å². The van der Waals surface area contributed by atoms with Crippen molar-refractivity contribution in [3.63, 3.8) is 0 Å². The molecule has 0 amide bonds. The Morgan fingerprint density at radius 2 is 0.359 bits per heavy atom. The average molecular weight is 1650 g/mol. The third-order valence-corrected chi connectivity index (χ3v) is 23.0. The van der Waals surface area contributed by atoms with Crippen LogP contribution in [-0.2, 0) is 0 Å². The summed E-state index contributed by atoms with van der Waals surface area (Å²) < 4.78 is 0. The van der Waals surface area contributed by atoms with Crippen LogP contribution < -0.4 is 39.2 Å². The molecule has 20 rings (SSSR count). The lowest BCUT2D eigenvalue weighted by molar-refractivity contribution is 1.20. The Kier molecular flexibility index (Phi) is 26.8. The number of nitrogens with zero attached hydrogens (tertiary/aromatic N) is 8. The van der Waals surface area contributed by atoms with Crippen molar-refractivity contribution in [3.8, 4) is 22.3 Å². The molecule has 0 bridgehead atoms. The zero-order chi connectivity index (χ0) is 87.0. The maximum Gasteiger partial charge on any atom is 0.0487 e. The van der Waals surface area contributed by atoms with Gasteiger partial charge in [-0.2, -0.15) is 0 Å². The monoisotopic (exact) mass is 1650 g/mol. The molecule has 0 heterocycles. The largest absolute Gasteiger partial charge is 0.345 e. The van der Waals surface area contributed by atoms with Crippen LogP contribution in [0.4, 0.5) is 114 Å². The van der Waals surface area contributed by atoms with Crippen molar-refractivity contribution in [2.45, 2.75) is 0 Å². The Morgan fingerprint density at radius 3 is 0.742 bits per heavy atom. The first-order chi connectivity index (χ1) is 63.2. The van der Waals surface area contributed by atoms with Gasteiger partial charge in [-0.25, -0.2) is 0 Å². The van der Waals surface area contributed by atoms with Gasteiger partial charge in [0.05, 0.1) is 0 Å². The number of benzene rings is 20. The first kappa shape index (κ1) is 83.6.